The standard InChI is InChI=1S/C13H15FO2/c1-10(2)9-16-13-8-12(14)6-5-11(13)4-3-7-15/h5-6,8,10,15H,7,9H2,1-2H3. The lowest BCUT2D eigenvalue weighted by Crippen LogP contribution is -2.05. The van der Waals surface area contributed by atoms with E-state index < -0.39 is 0 Å². The number of rotatable bonds is 3. The van der Waals surface area contributed by atoms with Crippen LogP contribution in [-0.4, -0.2) is 18.3 Å². The monoisotopic (exact) mass is 222 g/mol. The first-order chi connectivity index (χ1) is 7.63. The van der Waals surface area contributed by atoms with Gasteiger partial charge in [-0.15, -0.1) is 0 Å². The van der Waals surface area contributed by atoms with E-state index in [9.17, 15) is 4.39 Å². The van der Waals surface area contributed by atoms with Crippen molar-refractivity contribution in [3.8, 4) is 17.6 Å². The zero-order chi connectivity index (χ0) is 12.0. The molecule has 3 heteroatoms. The summed E-state index contributed by atoms with van der Waals surface area (Å²) in [5.74, 6) is 5.67. The molecule has 1 aromatic rings. The van der Waals surface area contributed by atoms with E-state index in [1.54, 1.807) is 6.07 Å². The zero-order valence-electron chi connectivity index (χ0n) is 9.46. The molecule has 1 N–H and O–H groups in total. The Bertz CT molecular complexity index is 402. The van der Waals surface area contributed by atoms with E-state index in [2.05, 4.69) is 11.8 Å². The Morgan fingerprint density at radius 3 is 2.81 bits per heavy atom. The van der Waals surface area contributed by atoms with Gasteiger partial charge in [0.15, 0.2) is 0 Å². The molecule has 0 radical (unpaired) electrons. The summed E-state index contributed by atoms with van der Waals surface area (Å²) in [6, 6.07) is 4.18. The van der Waals surface area contributed by atoms with Crippen molar-refractivity contribution in [2.24, 2.45) is 5.92 Å². The van der Waals surface area contributed by atoms with E-state index in [1.165, 1.54) is 12.1 Å². The van der Waals surface area contributed by atoms with Crippen molar-refractivity contribution >= 4 is 0 Å². The van der Waals surface area contributed by atoms with Gasteiger partial charge in [0, 0.05) is 6.07 Å². The molecule has 0 aromatic heterocycles. The van der Waals surface area contributed by atoms with Gasteiger partial charge >= 0.3 is 0 Å². The van der Waals surface area contributed by atoms with Crippen molar-refractivity contribution in [2.45, 2.75) is 13.8 Å². The number of benzene rings is 1. The Labute approximate surface area is 95.1 Å². The average Bonchev–Trinajstić information content (AvgIpc) is 2.25. The molecule has 0 aliphatic rings. The van der Waals surface area contributed by atoms with Crippen LogP contribution in [0.4, 0.5) is 4.39 Å². The van der Waals surface area contributed by atoms with Gasteiger partial charge in [0.1, 0.15) is 18.2 Å². The van der Waals surface area contributed by atoms with Gasteiger partial charge in [-0.3, -0.25) is 0 Å². The predicted octanol–water partition coefficient (Wildman–Crippen LogP) is 2.20. The number of halogens is 1. The molecule has 0 fully saturated rings. The van der Waals surface area contributed by atoms with Crippen molar-refractivity contribution in [1.29, 1.82) is 0 Å². The molecule has 0 aliphatic heterocycles. The number of hydrogen-bond donors (Lipinski definition) is 1. The van der Waals surface area contributed by atoms with Crippen LogP contribution in [0.1, 0.15) is 19.4 Å². The van der Waals surface area contributed by atoms with Crippen molar-refractivity contribution in [3.63, 3.8) is 0 Å². The summed E-state index contributed by atoms with van der Waals surface area (Å²) in [4.78, 5) is 0. The van der Waals surface area contributed by atoms with Crippen LogP contribution < -0.4 is 4.74 Å². The van der Waals surface area contributed by atoms with Gasteiger partial charge in [0.2, 0.25) is 0 Å². The maximum Gasteiger partial charge on any atom is 0.137 e. The molecule has 0 bridgehead atoms. The molecule has 86 valence electrons. The third-order valence-electron chi connectivity index (χ3n) is 1.82. The largest absolute Gasteiger partial charge is 0.492 e. The Morgan fingerprint density at radius 1 is 1.44 bits per heavy atom. The minimum Gasteiger partial charge on any atom is -0.492 e. The highest BCUT2D eigenvalue weighted by Gasteiger charge is 2.04. The molecule has 0 unspecified atom stereocenters. The van der Waals surface area contributed by atoms with Crippen LogP contribution in [0.15, 0.2) is 18.2 Å². The topological polar surface area (TPSA) is 29.5 Å². The summed E-state index contributed by atoms with van der Waals surface area (Å²) in [5.41, 5.74) is 0.594. The highest BCUT2D eigenvalue weighted by atomic mass is 19.1. The molecule has 0 spiro atoms. The van der Waals surface area contributed by atoms with Crippen molar-refractivity contribution in [2.75, 3.05) is 13.2 Å². The molecule has 0 saturated carbocycles. The molecule has 1 aromatic carbocycles. The van der Waals surface area contributed by atoms with Crippen LogP contribution in [0.25, 0.3) is 0 Å². The molecule has 0 amide bonds. The molecular weight excluding hydrogens is 207 g/mol. The summed E-state index contributed by atoms with van der Waals surface area (Å²) in [5, 5.41) is 8.60. The van der Waals surface area contributed by atoms with Gasteiger partial charge in [-0.05, 0) is 18.1 Å². The lowest BCUT2D eigenvalue weighted by atomic mass is 10.2. The normalized spacial score (nSPS) is 9.81. The third kappa shape index (κ3) is 3.92. The number of aliphatic hydroxyl groups excluding tert-OH is 1. The van der Waals surface area contributed by atoms with Gasteiger partial charge in [-0.2, -0.15) is 0 Å². The second kappa shape index (κ2) is 6.14. The van der Waals surface area contributed by atoms with E-state index in [0.29, 0.717) is 23.8 Å². The molecule has 2 nitrogen and oxygen atoms in total. The smallest absolute Gasteiger partial charge is 0.137 e. The second-order valence-corrected chi connectivity index (χ2v) is 3.81. The second-order valence-electron chi connectivity index (χ2n) is 3.81. The fourth-order valence-corrected chi connectivity index (χ4v) is 1.11. The van der Waals surface area contributed by atoms with E-state index in [0.717, 1.165) is 0 Å². The first-order valence-electron chi connectivity index (χ1n) is 5.15. The van der Waals surface area contributed by atoms with Crippen LogP contribution in [0.5, 0.6) is 5.75 Å². The van der Waals surface area contributed by atoms with E-state index in [1.807, 2.05) is 13.8 Å². The van der Waals surface area contributed by atoms with Gasteiger partial charge in [-0.25, -0.2) is 4.39 Å². The van der Waals surface area contributed by atoms with Crippen LogP contribution in [-0.2, 0) is 0 Å². The first-order valence-corrected chi connectivity index (χ1v) is 5.15. The van der Waals surface area contributed by atoms with Crippen molar-refractivity contribution in [3.05, 3.63) is 29.6 Å². The number of ether oxygens (including phenoxy) is 1. The van der Waals surface area contributed by atoms with Crippen LogP contribution in [0.3, 0.4) is 0 Å². The lowest BCUT2D eigenvalue weighted by Gasteiger charge is -2.10. The molecule has 1 rings (SSSR count). The van der Waals surface area contributed by atoms with Gasteiger partial charge in [0.25, 0.3) is 0 Å². The predicted molar refractivity (Wildman–Crippen MR) is 60.7 cm³/mol. The van der Waals surface area contributed by atoms with Gasteiger partial charge in [-0.1, -0.05) is 25.7 Å². The Balaban J connectivity index is 2.89. The van der Waals surface area contributed by atoms with Gasteiger partial charge < -0.3 is 9.84 Å². The van der Waals surface area contributed by atoms with Crippen LogP contribution >= 0.6 is 0 Å². The molecule has 0 aliphatic carbocycles. The van der Waals surface area contributed by atoms with Crippen LogP contribution in [0, 0.1) is 23.6 Å². The lowest BCUT2D eigenvalue weighted by molar-refractivity contribution is 0.269. The quantitative estimate of drug-likeness (QED) is 0.794. The highest BCUT2D eigenvalue weighted by Crippen LogP contribution is 2.19. The Morgan fingerprint density at radius 2 is 2.19 bits per heavy atom. The summed E-state index contributed by atoms with van der Waals surface area (Å²) in [7, 11) is 0. The maximum absolute atomic E-state index is 13.0. The first kappa shape index (κ1) is 12.5. The zero-order valence-corrected chi connectivity index (χ0v) is 9.46. The maximum atomic E-state index is 13.0. The molecular formula is C13H15FO2. The van der Waals surface area contributed by atoms with E-state index >= 15 is 0 Å². The number of aliphatic hydroxyl groups is 1. The number of hydrogen-bond acceptors (Lipinski definition) is 2. The van der Waals surface area contributed by atoms with Crippen molar-refractivity contribution < 1.29 is 14.2 Å². The molecule has 0 atom stereocenters. The summed E-state index contributed by atoms with van der Waals surface area (Å²) >= 11 is 0. The van der Waals surface area contributed by atoms with Crippen molar-refractivity contribution in [1.82, 2.24) is 0 Å². The Kier molecular flexibility index (Phi) is 4.81. The third-order valence-corrected chi connectivity index (χ3v) is 1.82. The SMILES string of the molecule is CC(C)COc1cc(F)ccc1C#CCO. The Hall–Kier alpha value is -1.53. The highest BCUT2D eigenvalue weighted by molar-refractivity contribution is 5.46. The fourth-order valence-electron chi connectivity index (χ4n) is 1.11. The van der Waals surface area contributed by atoms with E-state index in [-0.39, 0.29) is 12.4 Å². The van der Waals surface area contributed by atoms with Gasteiger partial charge in [0.05, 0.1) is 12.2 Å². The summed E-state index contributed by atoms with van der Waals surface area (Å²) < 4.78 is 18.5. The summed E-state index contributed by atoms with van der Waals surface area (Å²) in [6.07, 6.45) is 0. The molecule has 0 saturated heterocycles. The van der Waals surface area contributed by atoms with E-state index in [4.69, 9.17) is 9.84 Å². The molecule has 16 heavy (non-hydrogen) atoms. The molecule has 0 heterocycles. The van der Waals surface area contributed by atoms with Crippen LogP contribution in [0.2, 0.25) is 0 Å². The minimum atomic E-state index is -0.353. The summed E-state index contributed by atoms with van der Waals surface area (Å²) in [6.45, 7) is 4.31. The average molecular weight is 222 g/mol. The minimum absolute atomic E-state index is 0.221. The fraction of sp³-hybridized carbons (Fsp3) is 0.385.